The van der Waals surface area contributed by atoms with Crippen molar-refractivity contribution in [3.63, 3.8) is 0 Å². The zero-order chi connectivity index (χ0) is 13.7. The molecule has 18 heavy (non-hydrogen) atoms. The summed E-state index contributed by atoms with van der Waals surface area (Å²) in [7, 11) is 3.50. The SMILES string of the molecule is CC(C)Oc1cc(SCC(=O)N(C)C)ccc1N. The van der Waals surface area contributed by atoms with Crippen LogP contribution >= 0.6 is 11.8 Å². The Kier molecular flexibility index (Phi) is 5.34. The van der Waals surface area contributed by atoms with E-state index in [-0.39, 0.29) is 12.0 Å². The van der Waals surface area contributed by atoms with E-state index in [0.29, 0.717) is 17.2 Å². The Morgan fingerprint density at radius 1 is 1.44 bits per heavy atom. The molecule has 0 radical (unpaired) electrons. The molecule has 100 valence electrons. The Morgan fingerprint density at radius 2 is 2.11 bits per heavy atom. The van der Waals surface area contributed by atoms with Gasteiger partial charge in [-0.25, -0.2) is 0 Å². The van der Waals surface area contributed by atoms with Crippen molar-refractivity contribution in [2.75, 3.05) is 25.6 Å². The molecule has 1 aromatic rings. The van der Waals surface area contributed by atoms with Gasteiger partial charge in [-0.15, -0.1) is 11.8 Å². The van der Waals surface area contributed by atoms with E-state index in [2.05, 4.69) is 0 Å². The van der Waals surface area contributed by atoms with Crippen LogP contribution in [-0.2, 0) is 4.79 Å². The third-order valence-electron chi connectivity index (χ3n) is 2.21. The third kappa shape index (κ3) is 4.49. The van der Waals surface area contributed by atoms with Crippen LogP contribution in [0.15, 0.2) is 23.1 Å². The number of hydrogen-bond acceptors (Lipinski definition) is 4. The Bertz CT molecular complexity index is 419. The van der Waals surface area contributed by atoms with Gasteiger partial charge in [0.05, 0.1) is 17.5 Å². The molecule has 0 saturated carbocycles. The van der Waals surface area contributed by atoms with Crippen LogP contribution in [0.4, 0.5) is 5.69 Å². The van der Waals surface area contributed by atoms with E-state index in [9.17, 15) is 4.79 Å². The zero-order valence-electron chi connectivity index (χ0n) is 11.3. The summed E-state index contributed by atoms with van der Waals surface area (Å²) in [4.78, 5) is 14.1. The number of nitrogens with two attached hydrogens (primary N) is 1. The van der Waals surface area contributed by atoms with Crippen LogP contribution in [0.3, 0.4) is 0 Å². The number of nitrogens with zero attached hydrogens (tertiary/aromatic N) is 1. The van der Waals surface area contributed by atoms with Gasteiger partial charge in [0, 0.05) is 19.0 Å². The molecule has 0 bridgehead atoms. The minimum Gasteiger partial charge on any atom is -0.489 e. The Balaban J connectivity index is 2.70. The minimum absolute atomic E-state index is 0.0796. The van der Waals surface area contributed by atoms with Crippen molar-refractivity contribution in [3.8, 4) is 5.75 Å². The van der Waals surface area contributed by atoms with Gasteiger partial charge in [-0.1, -0.05) is 0 Å². The lowest BCUT2D eigenvalue weighted by atomic mass is 10.3. The van der Waals surface area contributed by atoms with Crippen molar-refractivity contribution >= 4 is 23.4 Å². The zero-order valence-corrected chi connectivity index (χ0v) is 12.1. The topological polar surface area (TPSA) is 55.6 Å². The quantitative estimate of drug-likeness (QED) is 0.657. The molecule has 0 atom stereocenters. The Morgan fingerprint density at radius 3 is 2.67 bits per heavy atom. The molecule has 0 fully saturated rings. The molecule has 5 heteroatoms. The fraction of sp³-hybridized carbons (Fsp3) is 0.462. The van der Waals surface area contributed by atoms with Crippen molar-refractivity contribution in [2.24, 2.45) is 0 Å². The summed E-state index contributed by atoms with van der Waals surface area (Å²) in [5.74, 6) is 1.17. The molecule has 2 N–H and O–H groups in total. The number of rotatable bonds is 5. The van der Waals surface area contributed by atoms with Crippen molar-refractivity contribution in [1.82, 2.24) is 4.90 Å². The smallest absolute Gasteiger partial charge is 0.232 e. The fourth-order valence-corrected chi connectivity index (χ4v) is 2.14. The number of carbonyl (C=O) groups excluding carboxylic acids is 1. The number of amides is 1. The van der Waals surface area contributed by atoms with Crippen LogP contribution in [0.2, 0.25) is 0 Å². The molecule has 1 amide bonds. The third-order valence-corrected chi connectivity index (χ3v) is 3.19. The summed E-state index contributed by atoms with van der Waals surface area (Å²) in [5.41, 5.74) is 6.45. The van der Waals surface area contributed by atoms with Gasteiger partial charge in [0.15, 0.2) is 0 Å². The predicted octanol–water partition coefficient (Wildman–Crippen LogP) is 2.24. The molecule has 1 aromatic carbocycles. The lowest BCUT2D eigenvalue weighted by Crippen LogP contribution is -2.23. The number of anilines is 1. The van der Waals surface area contributed by atoms with Gasteiger partial charge in [-0.3, -0.25) is 4.79 Å². The van der Waals surface area contributed by atoms with Crippen LogP contribution < -0.4 is 10.5 Å². The molecule has 0 aliphatic rings. The summed E-state index contributed by atoms with van der Waals surface area (Å²) in [6.45, 7) is 3.91. The Hall–Kier alpha value is -1.36. The molecule has 1 rings (SSSR count). The summed E-state index contributed by atoms with van der Waals surface area (Å²) in [6, 6.07) is 5.58. The van der Waals surface area contributed by atoms with Crippen molar-refractivity contribution in [2.45, 2.75) is 24.8 Å². The average Bonchev–Trinajstić information content (AvgIpc) is 2.28. The monoisotopic (exact) mass is 268 g/mol. The second-order valence-corrected chi connectivity index (χ2v) is 5.49. The highest BCUT2D eigenvalue weighted by molar-refractivity contribution is 8.00. The molecule has 4 nitrogen and oxygen atoms in total. The van der Waals surface area contributed by atoms with Crippen LogP contribution in [0.25, 0.3) is 0 Å². The largest absolute Gasteiger partial charge is 0.489 e. The first-order chi connectivity index (χ1) is 8.40. The number of ether oxygens (including phenoxy) is 1. The summed E-state index contributed by atoms with van der Waals surface area (Å²) in [6.07, 6.45) is 0.0796. The lowest BCUT2D eigenvalue weighted by molar-refractivity contribution is -0.125. The van der Waals surface area contributed by atoms with Crippen molar-refractivity contribution in [3.05, 3.63) is 18.2 Å². The standard InChI is InChI=1S/C13H20N2O2S/c1-9(2)17-12-7-10(5-6-11(12)14)18-8-13(16)15(3)4/h5-7,9H,8,14H2,1-4H3. The lowest BCUT2D eigenvalue weighted by Gasteiger charge is -2.14. The number of nitrogen functional groups attached to an aromatic ring is 1. The number of carbonyl (C=O) groups is 1. The highest BCUT2D eigenvalue weighted by Crippen LogP contribution is 2.29. The molecule has 0 aliphatic carbocycles. The van der Waals surface area contributed by atoms with Crippen LogP contribution in [0, 0.1) is 0 Å². The Labute approximate surface area is 112 Å². The molecule has 0 saturated heterocycles. The number of hydrogen-bond donors (Lipinski definition) is 1. The van der Waals surface area contributed by atoms with Gasteiger partial charge in [0.2, 0.25) is 5.91 Å². The van der Waals surface area contributed by atoms with E-state index >= 15 is 0 Å². The van der Waals surface area contributed by atoms with Crippen molar-refractivity contribution in [1.29, 1.82) is 0 Å². The second-order valence-electron chi connectivity index (χ2n) is 4.44. The van der Waals surface area contributed by atoms with E-state index in [4.69, 9.17) is 10.5 Å². The molecular weight excluding hydrogens is 248 g/mol. The molecule has 0 heterocycles. The molecule has 0 spiro atoms. The normalized spacial score (nSPS) is 10.5. The average molecular weight is 268 g/mol. The van der Waals surface area contributed by atoms with Gasteiger partial charge in [-0.2, -0.15) is 0 Å². The molecule has 0 unspecified atom stereocenters. The number of benzene rings is 1. The predicted molar refractivity (Wildman–Crippen MR) is 76.0 cm³/mol. The van der Waals surface area contributed by atoms with Crippen LogP contribution in [-0.4, -0.2) is 36.8 Å². The first-order valence-electron chi connectivity index (χ1n) is 5.79. The fourth-order valence-electron chi connectivity index (χ4n) is 1.23. The van der Waals surface area contributed by atoms with E-state index in [0.717, 1.165) is 4.90 Å². The summed E-state index contributed by atoms with van der Waals surface area (Å²) >= 11 is 1.48. The maximum atomic E-state index is 11.5. The van der Waals surface area contributed by atoms with Gasteiger partial charge < -0.3 is 15.4 Å². The van der Waals surface area contributed by atoms with Gasteiger partial charge in [-0.05, 0) is 32.0 Å². The van der Waals surface area contributed by atoms with Crippen LogP contribution in [0.5, 0.6) is 5.75 Å². The second kappa shape index (κ2) is 6.54. The first kappa shape index (κ1) is 14.7. The van der Waals surface area contributed by atoms with E-state index in [1.807, 2.05) is 26.0 Å². The summed E-state index contributed by atoms with van der Waals surface area (Å²) < 4.78 is 5.61. The first-order valence-corrected chi connectivity index (χ1v) is 6.78. The highest BCUT2D eigenvalue weighted by atomic mass is 32.2. The van der Waals surface area contributed by atoms with E-state index in [1.54, 1.807) is 25.1 Å². The molecule has 0 aromatic heterocycles. The highest BCUT2D eigenvalue weighted by Gasteiger charge is 2.08. The van der Waals surface area contributed by atoms with Crippen LogP contribution in [0.1, 0.15) is 13.8 Å². The summed E-state index contributed by atoms with van der Waals surface area (Å²) in [5, 5.41) is 0. The molecule has 0 aliphatic heterocycles. The van der Waals surface area contributed by atoms with Gasteiger partial charge in [0.25, 0.3) is 0 Å². The van der Waals surface area contributed by atoms with E-state index < -0.39 is 0 Å². The van der Waals surface area contributed by atoms with Gasteiger partial charge >= 0.3 is 0 Å². The van der Waals surface area contributed by atoms with E-state index in [1.165, 1.54) is 11.8 Å². The minimum atomic E-state index is 0.0796. The van der Waals surface area contributed by atoms with Gasteiger partial charge in [0.1, 0.15) is 5.75 Å². The van der Waals surface area contributed by atoms with Crippen molar-refractivity contribution < 1.29 is 9.53 Å². The number of thioether (sulfide) groups is 1. The maximum Gasteiger partial charge on any atom is 0.232 e. The maximum absolute atomic E-state index is 11.5. The molecular formula is C13H20N2O2S.